The number of hydrogen-bond donors (Lipinski definition) is 1. The highest BCUT2D eigenvalue weighted by Crippen LogP contribution is 2.35. The van der Waals surface area contributed by atoms with Crippen LogP contribution < -0.4 is 5.73 Å². The molecule has 0 heterocycles. The van der Waals surface area contributed by atoms with E-state index in [1.165, 1.54) is 25.7 Å². The average molecular weight is 448 g/mol. The minimum atomic E-state index is -4.34. The smallest absolute Gasteiger partial charge is 0.271 e. The Balaban J connectivity index is 4.40. The zero-order valence-corrected chi connectivity index (χ0v) is 19.4. The minimum Gasteiger partial charge on any atom is -0.330 e. The van der Waals surface area contributed by atoms with Crippen LogP contribution in [0.3, 0.4) is 0 Å². The third-order valence-electron chi connectivity index (χ3n) is 4.88. The molecule has 0 fully saturated rings. The summed E-state index contributed by atoms with van der Waals surface area (Å²) in [6.07, 6.45) is 12.4. The molecular weight excluding hydrogens is 410 g/mol. The highest BCUT2D eigenvalue weighted by molar-refractivity contribution is 8.25. The van der Waals surface area contributed by atoms with Crippen molar-refractivity contribution in [2.75, 3.05) is 25.3 Å². The molecule has 0 rings (SSSR count). The zero-order valence-electron chi connectivity index (χ0n) is 16.9. The maximum Gasteiger partial charge on any atom is 0.271 e. The van der Waals surface area contributed by atoms with Gasteiger partial charge in [0.2, 0.25) is 0 Å². The number of rotatable bonds is 16. The van der Waals surface area contributed by atoms with E-state index in [0.29, 0.717) is 25.2 Å². The molecule has 0 unspecified atom stereocenters. The van der Waals surface area contributed by atoms with Crippen molar-refractivity contribution < 1.29 is 25.3 Å². The van der Waals surface area contributed by atoms with Gasteiger partial charge in [-0.25, -0.2) is 25.3 Å². The van der Waals surface area contributed by atoms with Crippen molar-refractivity contribution in [2.24, 2.45) is 5.73 Å². The number of sulfone groups is 3. The van der Waals surface area contributed by atoms with E-state index in [2.05, 4.69) is 0 Å². The van der Waals surface area contributed by atoms with Gasteiger partial charge >= 0.3 is 0 Å². The van der Waals surface area contributed by atoms with E-state index in [-0.39, 0.29) is 6.42 Å². The monoisotopic (exact) mass is 447 g/mol. The fourth-order valence-electron chi connectivity index (χ4n) is 3.46. The average Bonchev–Trinajstić information content (AvgIpc) is 2.48. The van der Waals surface area contributed by atoms with E-state index in [4.69, 9.17) is 5.73 Å². The van der Waals surface area contributed by atoms with E-state index in [0.717, 1.165) is 38.6 Å². The predicted octanol–water partition coefficient (Wildman–Crippen LogP) is 2.41. The van der Waals surface area contributed by atoms with Crippen molar-refractivity contribution in [2.45, 2.75) is 80.5 Å². The van der Waals surface area contributed by atoms with E-state index >= 15 is 0 Å². The van der Waals surface area contributed by atoms with Crippen LogP contribution in [-0.2, 0) is 29.5 Å². The lowest BCUT2D eigenvalue weighted by atomic mass is 10.1. The molecule has 0 aromatic carbocycles. The first kappa shape index (κ1) is 26.8. The molecule has 10 heteroatoms. The van der Waals surface area contributed by atoms with Crippen LogP contribution in [0.15, 0.2) is 0 Å². The van der Waals surface area contributed by atoms with Gasteiger partial charge in [0.25, 0.3) is 3.41 Å². The molecule has 0 aliphatic heterocycles. The lowest BCUT2D eigenvalue weighted by molar-refractivity contribution is 0.522. The summed E-state index contributed by atoms with van der Waals surface area (Å²) in [6.45, 7) is 0.749. The molecule has 0 atom stereocenters. The Morgan fingerprint density at radius 3 is 1.04 bits per heavy atom. The largest absolute Gasteiger partial charge is 0.330 e. The minimum absolute atomic E-state index is 0.242. The Morgan fingerprint density at radius 1 is 0.519 bits per heavy atom. The molecule has 27 heavy (non-hydrogen) atoms. The van der Waals surface area contributed by atoms with E-state index in [9.17, 15) is 25.3 Å². The first-order valence-corrected chi connectivity index (χ1v) is 15.3. The fourth-order valence-corrected chi connectivity index (χ4v) is 11.6. The highest BCUT2D eigenvalue weighted by atomic mass is 32.3. The molecule has 0 bridgehead atoms. The van der Waals surface area contributed by atoms with Crippen LogP contribution in [0.5, 0.6) is 0 Å². The standard InChI is InChI=1S/C17H37NO6S3/c1-25(19,20)17(26(2,21)22,27(3,23)24)15-13-11-9-7-5-4-6-8-10-12-14-16-18/h4-16,18H2,1-3H3. The first-order chi connectivity index (χ1) is 12.3. The van der Waals surface area contributed by atoms with Crippen molar-refractivity contribution in [1.29, 1.82) is 0 Å². The predicted molar refractivity (Wildman–Crippen MR) is 112 cm³/mol. The summed E-state index contributed by atoms with van der Waals surface area (Å²) in [6, 6.07) is 0. The van der Waals surface area contributed by atoms with Crippen LogP contribution in [0.1, 0.15) is 77.0 Å². The van der Waals surface area contributed by atoms with E-state index in [1.807, 2.05) is 0 Å². The van der Waals surface area contributed by atoms with Crippen LogP contribution >= 0.6 is 0 Å². The van der Waals surface area contributed by atoms with Crippen molar-refractivity contribution in [1.82, 2.24) is 0 Å². The van der Waals surface area contributed by atoms with Gasteiger partial charge in [-0.3, -0.25) is 0 Å². The molecule has 0 aromatic rings. The van der Waals surface area contributed by atoms with Gasteiger partial charge in [-0.1, -0.05) is 57.8 Å². The van der Waals surface area contributed by atoms with Crippen LogP contribution in [0.2, 0.25) is 0 Å². The lowest BCUT2D eigenvalue weighted by Gasteiger charge is -2.28. The van der Waals surface area contributed by atoms with Crippen LogP contribution in [0.4, 0.5) is 0 Å². The van der Waals surface area contributed by atoms with Gasteiger partial charge in [0.15, 0.2) is 29.5 Å². The molecular formula is C17H37NO6S3. The van der Waals surface area contributed by atoms with Gasteiger partial charge in [0.1, 0.15) is 0 Å². The second-order valence-electron chi connectivity index (χ2n) is 7.43. The summed E-state index contributed by atoms with van der Waals surface area (Å²) in [5.74, 6) is 0. The molecule has 0 aromatic heterocycles. The Morgan fingerprint density at radius 2 is 0.778 bits per heavy atom. The summed E-state index contributed by atoms with van der Waals surface area (Å²) < 4.78 is 69.9. The Bertz CT molecular complexity index is 648. The molecule has 0 amide bonds. The molecule has 0 radical (unpaired) electrons. The van der Waals surface area contributed by atoms with Gasteiger partial charge in [-0.15, -0.1) is 0 Å². The molecule has 0 spiro atoms. The van der Waals surface area contributed by atoms with E-state index < -0.39 is 39.3 Å². The summed E-state index contributed by atoms with van der Waals surface area (Å²) in [5, 5.41) is 0. The third kappa shape index (κ3) is 8.37. The summed E-state index contributed by atoms with van der Waals surface area (Å²) >= 11 is 0. The van der Waals surface area contributed by atoms with Gasteiger partial charge in [-0.05, 0) is 25.8 Å². The molecule has 0 saturated carbocycles. The quantitative estimate of drug-likeness (QED) is 0.360. The van der Waals surface area contributed by atoms with Crippen molar-refractivity contribution in [3.05, 3.63) is 0 Å². The second kappa shape index (κ2) is 11.7. The van der Waals surface area contributed by atoms with Crippen molar-refractivity contribution in [3.8, 4) is 0 Å². The zero-order chi connectivity index (χ0) is 21.2. The van der Waals surface area contributed by atoms with Gasteiger partial charge in [-0.2, -0.15) is 0 Å². The van der Waals surface area contributed by atoms with Crippen molar-refractivity contribution >= 4 is 29.5 Å². The van der Waals surface area contributed by atoms with Crippen LogP contribution in [0, 0.1) is 0 Å². The maximum absolute atomic E-state index is 12.1. The van der Waals surface area contributed by atoms with Crippen molar-refractivity contribution in [3.63, 3.8) is 0 Å². The summed E-state index contributed by atoms with van der Waals surface area (Å²) in [7, 11) is -13.0. The van der Waals surface area contributed by atoms with Crippen LogP contribution in [-0.4, -0.2) is 54.0 Å². The normalized spacial score (nSPS) is 13.8. The summed E-state index contributed by atoms with van der Waals surface area (Å²) in [4.78, 5) is 0. The molecule has 0 saturated heterocycles. The maximum atomic E-state index is 12.1. The second-order valence-corrected chi connectivity index (χ2v) is 14.9. The number of unbranched alkanes of at least 4 members (excludes halogenated alkanes) is 10. The lowest BCUT2D eigenvalue weighted by Crippen LogP contribution is -2.51. The fraction of sp³-hybridized carbons (Fsp3) is 1.00. The Hall–Kier alpha value is -0.190. The number of hydrogen-bond acceptors (Lipinski definition) is 7. The van der Waals surface area contributed by atoms with Gasteiger partial charge in [0, 0.05) is 18.8 Å². The van der Waals surface area contributed by atoms with E-state index in [1.54, 1.807) is 0 Å². The topological polar surface area (TPSA) is 128 Å². The first-order valence-electron chi connectivity index (χ1n) is 9.60. The SMILES string of the molecule is CS(=O)(=O)C(CCCCCCCCCCCCCN)(S(C)(=O)=O)S(C)(=O)=O. The number of nitrogens with two attached hydrogens (primary N) is 1. The molecule has 0 aliphatic carbocycles. The Kier molecular flexibility index (Phi) is 11.6. The van der Waals surface area contributed by atoms with Gasteiger partial charge in [0.05, 0.1) is 0 Å². The van der Waals surface area contributed by atoms with Crippen LogP contribution in [0.25, 0.3) is 0 Å². The molecule has 2 N–H and O–H groups in total. The molecule has 7 nitrogen and oxygen atoms in total. The highest BCUT2D eigenvalue weighted by Gasteiger charge is 2.58. The van der Waals surface area contributed by atoms with Gasteiger partial charge < -0.3 is 5.73 Å². The summed E-state index contributed by atoms with van der Waals surface area (Å²) in [5.41, 5.74) is 5.45. The third-order valence-corrected chi connectivity index (χ3v) is 14.3. The molecule has 164 valence electrons. The molecule has 0 aliphatic rings. The Labute approximate surface area is 166 Å².